The van der Waals surface area contributed by atoms with Gasteiger partial charge in [0.15, 0.2) is 0 Å². The van der Waals surface area contributed by atoms with Crippen molar-refractivity contribution >= 4 is 31.9 Å². The van der Waals surface area contributed by atoms with E-state index in [-0.39, 0.29) is 0 Å². The number of benzene rings is 1. The van der Waals surface area contributed by atoms with Gasteiger partial charge in [0.2, 0.25) is 0 Å². The summed E-state index contributed by atoms with van der Waals surface area (Å²) in [6, 6.07) is 5.99. The minimum Gasteiger partial charge on any atom is -0.488 e. The van der Waals surface area contributed by atoms with Crippen molar-refractivity contribution in [1.82, 2.24) is 0 Å². The van der Waals surface area contributed by atoms with Gasteiger partial charge in [0.05, 0.1) is 15.0 Å². The average Bonchev–Trinajstić information content (AvgIpc) is 2.00. The van der Waals surface area contributed by atoms with Crippen LogP contribution in [0.4, 0.5) is 0 Å². The van der Waals surface area contributed by atoms with Crippen molar-refractivity contribution in [2.45, 2.75) is 25.4 Å². The molecule has 0 unspecified atom stereocenters. The molecule has 1 aromatic rings. The minimum absolute atomic E-state index is 0.426. The highest BCUT2D eigenvalue weighted by atomic mass is 79.9. The first-order valence-electron chi connectivity index (χ1n) is 4.38. The summed E-state index contributed by atoms with van der Waals surface area (Å²) in [7, 11) is 0. The first-order valence-corrected chi connectivity index (χ1v) is 5.96. The Kier molecular flexibility index (Phi) is 2.94. The first kappa shape index (κ1) is 9.53. The molecule has 0 heterocycles. The summed E-state index contributed by atoms with van der Waals surface area (Å²) in [4.78, 5) is 0. The zero-order valence-electron chi connectivity index (χ0n) is 7.09. The molecule has 0 radical (unpaired) electrons. The van der Waals surface area contributed by atoms with Crippen molar-refractivity contribution in [2.75, 3.05) is 0 Å². The Bertz CT molecular complexity index is 288. The number of para-hydroxylation sites is 1. The third-order valence-corrected chi connectivity index (χ3v) is 3.50. The largest absolute Gasteiger partial charge is 0.488 e. The lowest BCUT2D eigenvalue weighted by molar-refractivity contribution is 0.118. The van der Waals surface area contributed by atoms with Gasteiger partial charge in [-0.2, -0.15) is 0 Å². The number of ether oxygens (including phenoxy) is 1. The Balaban J connectivity index is 2.17. The fourth-order valence-corrected chi connectivity index (χ4v) is 2.44. The van der Waals surface area contributed by atoms with Gasteiger partial charge < -0.3 is 4.74 Å². The lowest BCUT2D eigenvalue weighted by Gasteiger charge is -2.27. The Morgan fingerprint density at radius 2 is 1.77 bits per heavy atom. The molecule has 1 aliphatic rings. The Hall–Kier alpha value is -0.0200. The van der Waals surface area contributed by atoms with Crippen LogP contribution in [0.15, 0.2) is 27.1 Å². The van der Waals surface area contributed by atoms with Gasteiger partial charge in [-0.25, -0.2) is 0 Å². The molecular formula is C10H10Br2O. The van der Waals surface area contributed by atoms with Gasteiger partial charge in [-0.15, -0.1) is 0 Å². The molecule has 0 aromatic heterocycles. The van der Waals surface area contributed by atoms with Gasteiger partial charge in [0.25, 0.3) is 0 Å². The second-order valence-corrected chi connectivity index (χ2v) is 4.93. The van der Waals surface area contributed by atoms with Crippen LogP contribution in [0.2, 0.25) is 0 Å². The van der Waals surface area contributed by atoms with Crippen molar-refractivity contribution in [2.24, 2.45) is 0 Å². The van der Waals surface area contributed by atoms with E-state index in [1.807, 2.05) is 18.2 Å². The van der Waals surface area contributed by atoms with Crippen LogP contribution in [0.3, 0.4) is 0 Å². The molecule has 1 aromatic carbocycles. The molecule has 13 heavy (non-hydrogen) atoms. The molecule has 0 atom stereocenters. The second-order valence-electron chi connectivity index (χ2n) is 3.22. The Morgan fingerprint density at radius 3 is 2.23 bits per heavy atom. The number of hydrogen-bond donors (Lipinski definition) is 0. The van der Waals surface area contributed by atoms with E-state index in [2.05, 4.69) is 31.9 Å². The van der Waals surface area contributed by atoms with Gasteiger partial charge >= 0.3 is 0 Å². The molecule has 2 rings (SSSR count). The van der Waals surface area contributed by atoms with E-state index in [1.165, 1.54) is 19.3 Å². The molecule has 70 valence electrons. The second kappa shape index (κ2) is 4.01. The van der Waals surface area contributed by atoms with Crippen LogP contribution in [-0.2, 0) is 0 Å². The standard InChI is InChI=1S/C10H10Br2O/c11-8-5-2-6-9(12)10(8)13-7-3-1-4-7/h2,5-7H,1,3-4H2. The van der Waals surface area contributed by atoms with E-state index in [4.69, 9.17) is 4.74 Å². The maximum Gasteiger partial charge on any atom is 0.148 e. The summed E-state index contributed by atoms with van der Waals surface area (Å²) in [6.45, 7) is 0. The van der Waals surface area contributed by atoms with Crippen molar-refractivity contribution in [3.05, 3.63) is 27.1 Å². The number of halogens is 2. The molecule has 0 aliphatic heterocycles. The summed E-state index contributed by atoms with van der Waals surface area (Å²) >= 11 is 6.95. The van der Waals surface area contributed by atoms with E-state index in [1.54, 1.807) is 0 Å². The highest BCUT2D eigenvalue weighted by Crippen LogP contribution is 2.36. The highest BCUT2D eigenvalue weighted by molar-refractivity contribution is 9.11. The van der Waals surface area contributed by atoms with Crippen molar-refractivity contribution in [1.29, 1.82) is 0 Å². The highest BCUT2D eigenvalue weighted by Gasteiger charge is 2.20. The Labute approximate surface area is 94.7 Å². The normalized spacial score (nSPS) is 16.8. The van der Waals surface area contributed by atoms with Crippen molar-refractivity contribution < 1.29 is 4.74 Å². The van der Waals surface area contributed by atoms with Crippen LogP contribution in [0, 0.1) is 0 Å². The zero-order valence-corrected chi connectivity index (χ0v) is 10.3. The lowest BCUT2D eigenvalue weighted by atomic mass is 9.96. The summed E-state index contributed by atoms with van der Waals surface area (Å²) in [5.74, 6) is 0.937. The zero-order chi connectivity index (χ0) is 9.26. The SMILES string of the molecule is Brc1cccc(Br)c1OC1CCC1. The van der Waals surface area contributed by atoms with Gasteiger partial charge in [-0.1, -0.05) is 6.07 Å². The summed E-state index contributed by atoms with van der Waals surface area (Å²) in [6.07, 6.45) is 4.10. The summed E-state index contributed by atoms with van der Waals surface area (Å²) in [5.41, 5.74) is 0. The third-order valence-electron chi connectivity index (χ3n) is 2.26. The van der Waals surface area contributed by atoms with Crippen LogP contribution in [-0.4, -0.2) is 6.10 Å². The summed E-state index contributed by atoms with van der Waals surface area (Å²) < 4.78 is 7.86. The molecule has 1 fully saturated rings. The molecule has 0 saturated heterocycles. The van der Waals surface area contributed by atoms with E-state index >= 15 is 0 Å². The maximum atomic E-state index is 5.82. The predicted molar refractivity (Wildman–Crippen MR) is 60.1 cm³/mol. The number of hydrogen-bond acceptors (Lipinski definition) is 1. The van der Waals surface area contributed by atoms with Gasteiger partial charge in [0.1, 0.15) is 5.75 Å². The van der Waals surface area contributed by atoms with E-state index in [9.17, 15) is 0 Å². The average molecular weight is 306 g/mol. The lowest BCUT2D eigenvalue weighted by Crippen LogP contribution is -2.24. The van der Waals surface area contributed by atoms with Gasteiger partial charge in [0, 0.05) is 0 Å². The molecule has 0 bridgehead atoms. The molecule has 1 nitrogen and oxygen atoms in total. The van der Waals surface area contributed by atoms with Crippen molar-refractivity contribution in [3.63, 3.8) is 0 Å². The summed E-state index contributed by atoms with van der Waals surface area (Å²) in [5, 5.41) is 0. The molecule has 0 spiro atoms. The van der Waals surface area contributed by atoms with Crippen LogP contribution >= 0.6 is 31.9 Å². The number of rotatable bonds is 2. The maximum absolute atomic E-state index is 5.82. The van der Waals surface area contributed by atoms with E-state index in [0.29, 0.717) is 6.10 Å². The molecule has 3 heteroatoms. The van der Waals surface area contributed by atoms with Crippen molar-refractivity contribution in [3.8, 4) is 5.75 Å². The molecule has 1 saturated carbocycles. The predicted octanol–water partition coefficient (Wildman–Crippen LogP) is 4.14. The smallest absolute Gasteiger partial charge is 0.148 e. The van der Waals surface area contributed by atoms with Crippen LogP contribution < -0.4 is 4.74 Å². The van der Waals surface area contributed by atoms with Crippen LogP contribution in [0.1, 0.15) is 19.3 Å². The van der Waals surface area contributed by atoms with Gasteiger partial charge in [-0.3, -0.25) is 0 Å². The van der Waals surface area contributed by atoms with E-state index < -0.39 is 0 Å². The fraction of sp³-hybridized carbons (Fsp3) is 0.400. The van der Waals surface area contributed by atoms with Crippen LogP contribution in [0.5, 0.6) is 5.75 Å². The fourth-order valence-electron chi connectivity index (χ4n) is 1.25. The molecule has 0 N–H and O–H groups in total. The topological polar surface area (TPSA) is 9.23 Å². The van der Waals surface area contributed by atoms with Gasteiger partial charge in [-0.05, 0) is 63.3 Å². The molecule has 1 aliphatic carbocycles. The quantitative estimate of drug-likeness (QED) is 0.798. The monoisotopic (exact) mass is 304 g/mol. The minimum atomic E-state index is 0.426. The Morgan fingerprint density at radius 1 is 1.15 bits per heavy atom. The van der Waals surface area contributed by atoms with E-state index in [0.717, 1.165) is 14.7 Å². The third kappa shape index (κ3) is 2.08. The first-order chi connectivity index (χ1) is 6.27. The molecular weight excluding hydrogens is 296 g/mol. The molecule has 0 amide bonds. The van der Waals surface area contributed by atoms with Crippen LogP contribution in [0.25, 0.3) is 0 Å².